The minimum absolute atomic E-state index is 0.389. The molecule has 0 aliphatic rings. The van der Waals surface area contributed by atoms with Crippen LogP contribution < -0.4 is 5.32 Å². The number of benzene rings is 2. The van der Waals surface area contributed by atoms with Crippen LogP contribution >= 0.6 is 11.8 Å². The summed E-state index contributed by atoms with van der Waals surface area (Å²) in [5, 5.41) is 6.82. The first-order valence-corrected chi connectivity index (χ1v) is 10.4. The number of aromatic nitrogens is 2. The molecule has 0 bridgehead atoms. The van der Waals surface area contributed by atoms with Crippen LogP contribution in [-0.2, 0) is 16.9 Å². The van der Waals surface area contributed by atoms with Crippen LogP contribution in [0.15, 0.2) is 64.0 Å². The molecule has 1 heterocycles. The molecular formula is C22H25N3O3S. The van der Waals surface area contributed by atoms with Crippen molar-refractivity contribution in [3.63, 3.8) is 0 Å². The zero-order valence-electron chi connectivity index (χ0n) is 16.8. The molecule has 0 saturated heterocycles. The summed E-state index contributed by atoms with van der Waals surface area (Å²) < 4.78 is 10.6. The van der Waals surface area contributed by atoms with E-state index in [1.54, 1.807) is 11.8 Å². The van der Waals surface area contributed by atoms with E-state index in [1.165, 1.54) is 0 Å². The molecule has 0 fully saturated rings. The Morgan fingerprint density at radius 3 is 2.52 bits per heavy atom. The topological polar surface area (TPSA) is 77.2 Å². The molecule has 3 aromatic rings. The predicted octanol–water partition coefficient (Wildman–Crippen LogP) is 5.10. The van der Waals surface area contributed by atoms with Gasteiger partial charge in [0.2, 0.25) is 0 Å². The van der Waals surface area contributed by atoms with Gasteiger partial charge in [-0.05, 0) is 57.0 Å². The van der Waals surface area contributed by atoms with E-state index in [-0.39, 0.29) is 6.09 Å². The van der Waals surface area contributed by atoms with Gasteiger partial charge in [-0.25, -0.2) is 4.79 Å². The largest absolute Gasteiger partial charge is 0.444 e. The van der Waals surface area contributed by atoms with Gasteiger partial charge >= 0.3 is 6.09 Å². The van der Waals surface area contributed by atoms with Crippen molar-refractivity contribution in [3.8, 4) is 11.5 Å². The highest BCUT2D eigenvalue weighted by Crippen LogP contribution is 2.24. The number of nitrogens with one attached hydrogen (secondary N) is 1. The van der Waals surface area contributed by atoms with Gasteiger partial charge in [0.05, 0.1) is 5.75 Å². The third kappa shape index (κ3) is 6.94. The normalized spacial score (nSPS) is 11.3. The second-order valence-corrected chi connectivity index (χ2v) is 8.54. The van der Waals surface area contributed by atoms with Gasteiger partial charge in [0, 0.05) is 17.0 Å². The van der Waals surface area contributed by atoms with Crippen molar-refractivity contribution in [2.24, 2.45) is 0 Å². The second kappa shape index (κ2) is 9.60. The fourth-order valence-corrected chi connectivity index (χ4v) is 3.28. The Labute approximate surface area is 175 Å². The summed E-state index contributed by atoms with van der Waals surface area (Å²) in [5.74, 6) is 1.84. The summed E-state index contributed by atoms with van der Waals surface area (Å²) in [5.41, 5.74) is 1.58. The maximum absolute atomic E-state index is 11.7. The molecule has 6 nitrogen and oxygen atoms in total. The van der Waals surface area contributed by atoms with Crippen LogP contribution in [0.3, 0.4) is 0 Å². The Balaban J connectivity index is 1.44. The number of carbonyl (C=O) groups is 1. The van der Waals surface area contributed by atoms with E-state index < -0.39 is 5.60 Å². The van der Waals surface area contributed by atoms with Crippen molar-refractivity contribution >= 4 is 17.9 Å². The number of thioether (sulfide) groups is 1. The number of amides is 1. The van der Waals surface area contributed by atoms with E-state index in [9.17, 15) is 4.79 Å². The zero-order valence-corrected chi connectivity index (χ0v) is 17.7. The molecule has 1 N–H and O–H groups in total. The number of carbonyl (C=O) groups excluding carboxylic acids is 1. The summed E-state index contributed by atoms with van der Waals surface area (Å²) >= 11 is 1.65. The van der Waals surface area contributed by atoms with Gasteiger partial charge in [-0.3, -0.25) is 0 Å². The van der Waals surface area contributed by atoms with E-state index in [0.717, 1.165) is 22.4 Å². The average molecular weight is 412 g/mol. The predicted molar refractivity (Wildman–Crippen MR) is 114 cm³/mol. The lowest BCUT2D eigenvalue weighted by Crippen LogP contribution is -2.33. The Morgan fingerprint density at radius 2 is 1.83 bits per heavy atom. The molecule has 7 heteroatoms. The molecule has 0 atom stereocenters. The van der Waals surface area contributed by atoms with Crippen LogP contribution in [0, 0.1) is 0 Å². The fraction of sp³-hybridized carbons (Fsp3) is 0.318. The molecule has 0 unspecified atom stereocenters. The minimum atomic E-state index is -0.483. The molecule has 0 spiro atoms. The quantitative estimate of drug-likeness (QED) is 0.545. The SMILES string of the molecule is CC(C)(C)OC(=O)NCCc1ccc(SCc2noc(-c3ccccc3)n2)cc1. The lowest BCUT2D eigenvalue weighted by atomic mass is 10.1. The Bertz CT molecular complexity index is 918. The van der Waals surface area contributed by atoms with Crippen LogP contribution in [-0.4, -0.2) is 28.4 Å². The summed E-state index contributed by atoms with van der Waals surface area (Å²) in [6.07, 6.45) is 0.356. The lowest BCUT2D eigenvalue weighted by Gasteiger charge is -2.19. The number of nitrogens with zero attached hydrogens (tertiary/aromatic N) is 2. The molecule has 2 aromatic carbocycles. The van der Waals surface area contributed by atoms with Crippen molar-refractivity contribution in [2.75, 3.05) is 6.54 Å². The number of hydrogen-bond acceptors (Lipinski definition) is 6. The van der Waals surface area contributed by atoms with E-state index in [4.69, 9.17) is 9.26 Å². The molecule has 3 rings (SSSR count). The molecule has 0 saturated carbocycles. The van der Waals surface area contributed by atoms with Crippen molar-refractivity contribution in [2.45, 2.75) is 43.4 Å². The molecule has 29 heavy (non-hydrogen) atoms. The number of rotatable bonds is 7. The molecule has 0 aliphatic heterocycles. The minimum Gasteiger partial charge on any atom is -0.444 e. The maximum Gasteiger partial charge on any atom is 0.407 e. The van der Waals surface area contributed by atoms with Crippen molar-refractivity contribution in [3.05, 3.63) is 66.0 Å². The summed E-state index contributed by atoms with van der Waals surface area (Å²) in [6, 6.07) is 18.0. The highest BCUT2D eigenvalue weighted by atomic mass is 32.2. The molecule has 1 amide bonds. The Hall–Kier alpha value is -2.80. The first-order chi connectivity index (χ1) is 13.9. The highest BCUT2D eigenvalue weighted by Gasteiger charge is 2.15. The van der Waals surface area contributed by atoms with Crippen LogP contribution in [0.5, 0.6) is 0 Å². The van der Waals surface area contributed by atoms with Crippen molar-refractivity contribution in [1.82, 2.24) is 15.5 Å². The number of alkyl carbamates (subject to hydrolysis) is 1. The average Bonchev–Trinajstić information content (AvgIpc) is 3.16. The lowest BCUT2D eigenvalue weighted by molar-refractivity contribution is 0.0528. The van der Waals surface area contributed by atoms with Gasteiger partial charge in [0.15, 0.2) is 5.82 Å². The molecule has 0 radical (unpaired) electrons. The smallest absolute Gasteiger partial charge is 0.407 e. The van der Waals surface area contributed by atoms with Gasteiger partial charge in [0.25, 0.3) is 5.89 Å². The van der Waals surface area contributed by atoms with E-state index >= 15 is 0 Å². The Morgan fingerprint density at radius 1 is 1.10 bits per heavy atom. The molecule has 0 aliphatic carbocycles. The van der Waals surface area contributed by atoms with Gasteiger partial charge in [-0.2, -0.15) is 4.98 Å². The third-order valence-electron chi connectivity index (χ3n) is 3.86. The fourth-order valence-electron chi connectivity index (χ4n) is 2.53. The van der Waals surface area contributed by atoms with Gasteiger partial charge in [-0.1, -0.05) is 35.5 Å². The Kier molecular flexibility index (Phi) is 6.93. The molecule has 1 aromatic heterocycles. The van der Waals surface area contributed by atoms with Gasteiger partial charge in [-0.15, -0.1) is 11.8 Å². The van der Waals surface area contributed by atoms with E-state index in [1.807, 2.05) is 51.1 Å². The summed E-state index contributed by atoms with van der Waals surface area (Å²) in [4.78, 5) is 17.2. The molecular weight excluding hydrogens is 386 g/mol. The third-order valence-corrected chi connectivity index (χ3v) is 4.87. The van der Waals surface area contributed by atoms with Crippen LogP contribution in [0.2, 0.25) is 0 Å². The standard InChI is InChI=1S/C22H25N3O3S/c1-22(2,3)27-21(26)23-14-13-16-9-11-18(12-10-16)29-15-19-24-20(28-25-19)17-7-5-4-6-8-17/h4-12H,13-15H2,1-3H3,(H,23,26). The van der Waals surface area contributed by atoms with E-state index in [0.29, 0.717) is 24.0 Å². The number of hydrogen-bond donors (Lipinski definition) is 1. The van der Waals surface area contributed by atoms with E-state index in [2.05, 4.69) is 39.7 Å². The van der Waals surface area contributed by atoms with Gasteiger partial charge < -0.3 is 14.6 Å². The van der Waals surface area contributed by atoms with Gasteiger partial charge in [0.1, 0.15) is 5.60 Å². The van der Waals surface area contributed by atoms with Crippen LogP contribution in [0.25, 0.3) is 11.5 Å². The first-order valence-electron chi connectivity index (χ1n) is 9.46. The monoisotopic (exact) mass is 411 g/mol. The second-order valence-electron chi connectivity index (χ2n) is 7.49. The van der Waals surface area contributed by atoms with Crippen molar-refractivity contribution < 1.29 is 14.1 Å². The molecule has 152 valence electrons. The summed E-state index contributed by atoms with van der Waals surface area (Å²) in [7, 11) is 0. The van der Waals surface area contributed by atoms with Crippen molar-refractivity contribution in [1.29, 1.82) is 0 Å². The first kappa shape index (κ1) is 20.9. The summed E-state index contributed by atoms with van der Waals surface area (Å²) in [6.45, 7) is 6.08. The zero-order chi connectivity index (χ0) is 20.7. The van der Waals surface area contributed by atoms with Crippen LogP contribution in [0.1, 0.15) is 32.2 Å². The van der Waals surface area contributed by atoms with Crippen LogP contribution in [0.4, 0.5) is 4.79 Å². The number of ether oxygens (including phenoxy) is 1. The highest BCUT2D eigenvalue weighted by molar-refractivity contribution is 7.98. The maximum atomic E-state index is 11.7.